The fourth-order valence-corrected chi connectivity index (χ4v) is 5.81. The zero-order valence-corrected chi connectivity index (χ0v) is 22.6. The molecular formula is C33H36N6. The van der Waals surface area contributed by atoms with Crippen molar-refractivity contribution in [3.8, 4) is 28.3 Å². The lowest BCUT2D eigenvalue weighted by Gasteiger charge is -2.29. The maximum atomic E-state index is 6.32. The van der Waals surface area contributed by atoms with Gasteiger partial charge in [-0.3, -0.25) is 9.47 Å². The van der Waals surface area contributed by atoms with Crippen LogP contribution in [0.3, 0.4) is 0 Å². The highest BCUT2D eigenvalue weighted by atomic mass is 15.1. The summed E-state index contributed by atoms with van der Waals surface area (Å²) < 4.78 is 2.11. The molecule has 6 rings (SSSR count). The largest absolute Gasteiger partial charge is 0.383 e. The second-order valence-corrected chi connectivity index (χ2v) is 10.6. The first-order valence-electron chi connectivity index (χ1n) is 14.2. The van der Waals surface area contributed by atoms with Crippen LogP contribution in [-0.2, 0) is 6.54 Å². The minimum atomic E-state index is 0.454. The molecule has 5 aromatic rings. The molecule has 1 aliphatic carbocycles. The van der Waals surface area contributed by atoms with Gasteiger partial charge in [0, 0.05) is 30.5 Å². The van der Waals surface area contributed by atoms with E-state index in [-0.39, 0.29) is 0 Å². The van der Waals surface area contributed by atoms with E-state index in [0.29, 0.717) is 5.82 Å². The first kappa shape index (κ1) is 25.3. The first-order chi connectivity index (χ1) is 19.2. The molecule has 0 bridgehead atoms. The van der Waals surface area contributed by atoms with Crippen molar-refractivity contribution >= 4 is 17.0 Å². The molecular weight excluding hydrogens is 480 g/mol. The summed E-state index contributed by atoms with van der Waals surface area (Å²) in [5, 5.41) is 0. The molecule has 6 heteroatoms. The standard InChI is InChI=1S/C33H36N6/c1-2-38(22-24-10-5-3-6-11-24)23-25-15-17-27(18-16-25)39-32(28-14-9-21-35-31(28)34)37-30-20-19-29(36-33(30)39)26-12-7-4-8-13-26/h4,7-9,12-21,24H,2-3,5-6,10-11,22-23H2,1H3,(H2,34,35). The molecule has 2 aromatic carbocycles. The molecule has 0 amide bonds. The van der Waals surface area contributed by atoms with Gasteiger partial charge < -0.3 is 5.73 Å². The van der Waals surface area contributed by atoms with Crippen molar-refractivity contribution in [1.82, 2.24) is 24.4 Å². The predicted octanol–water partition coefficient (Wildman–Crippen LogP) is 7.13. The van der Waals surface area contributed by atoms with Crippen LogP contribution in [0.1, 0.15) is 44.6 Å². The highest BCUT2D eigenvalue weighted by Gasteiger charge is 2.20. The average molecular weight is 517 g/mol. The van der Waals surface area contributed by atoms with Crippen molar-refractivity contribution in [3.63, 3.8) is 0 Å². The minimum Gasteiger partial charge on any atom is -0.383 e. The van der Waals surface area contributed by atoms with Gasteiger partial charge in [0.1, 0.15) is 11.3 Å². The van der Waals surface area contributed by atoms with Crippen molar-refractivity contribution in [2.24, 2.45) is 5.92 Å². The Morgan fingerprint density at radius 2 is 1.67 bits per heavy atom. The number of nitrogens with two attached hydrogens (primary N) is 1. The summed E-state index contributed by atoms with van der Waals surface area (Å²) in [4.78, 5) is 17.0. The van der Waals surface area contributed by atoms with Gasteiger partial charge in [-0.1, -0.05) is 68.7 Å². The van der Waals surface area contributed by atoms with Crippen LogP contribution in [0.2, 0.25) is 0 Å². The molecule has 1 fully saturated rings. The van der Waals surface area contributed by atoms with E-state index in [9.17, 15) is 0 Å². The van der Waals surface area contributed by atoms with Crippen LogP contribution >= 0.6 is 0 Å². The second-order valence-electron chi connectivity index (χ2n) is 10.6. The lowest BCUT2D eigenvalue weighted by atomic mass is 9.89. The summed E-state index contributed by atoms with van der Waals surface area (Å²) >= 11 is 0. The zero-order chi connectivity index (χ0) is 26.6. The number of nitrogens with zero attached hydrogens (tertiary/aromatic N) is 5. The van der Waals surface area contributed by atoms with E-state index >= 15 is 0 Å². The lowest BCUT2D eigenvalue weighted by molar-refractivity contribution is 0.202. The molecule has 198 valence electrons. The van der Waals surface area contributed by atoms with Gasteiger partial charge in [-0.25, -0.2) is 15.0 Å². The third-order valence-corrected chi connectivity index (χ3v) is 7.94. The van der Waals surface area contributed by atoms with Gasteiger partial charge in [-0.2, -0.15) is 0 Å². The summed E-state index contributed by atoms with van der Waals surface area (Å²) in [6.45, 7) is 5.51. The van der Waals surface area contributed by atoms with Crippen LogP contribution in [0, 0.1) is 5.92 Å². The zero-order valence-electron chi connectivity index (χ0n) is 22.6. The summed E-state index contributed by atoms with van der Waals surface area (Å²) in [5.74, 6) is 2.04. The molecule has 1 aliphatic rings. The lowest BCUT2D eigenvalue weighted by Crippen LogP contribution is -2.30. The molecule has 2 N–H and O–H groups in total. The molecule has 0 unspecified atom stereocenters. The number of benzene rings is 2. The highest BCUT2D eigenvalue weighted by molar-refractivity contribution is 5.84. The Labute approximate surface area is 230 Å². The Balaban J connectivity index is 1.37. The van der Waals surface area contributed by atoms with E-state index < -0.39 is 0 Å². The van der Waals surface area contributed by atoms with Gasteiger partial charge in [-0.05, 0) is 67.3 Å². The fraction of sp³-hybridized carbons (Fsp3) is 0.303. The number of pyridine rings is 2. The predicted molar refractivity (Wildman–Crippen MR) is 159 cm³/mol. The quantitative estimate of drug-likeness (QED) is 0.237. The number of aromatic nitrogens is 4. The Kier molecular flexibility index (Phi) is 7.37. The number of imidazole rings is 1. The van der Waals surface area contributed by atoms with Crippen molar-refractivity contribution in [2.75, 3.05) is 18.8 Å². The number of anilines is 1. The van der Waals surface area contributed by atoms with Crippen LogP contribution in [-0.4, -0.2) is 37.5 Å². The maximum Gasteiger partial charge on any atom is 0.165 e. The van der Waals surface area contributed by atoms with Crippen molar-refractivity contribution < 1.29 is 0 Å². The van der Waals surface area contributed by atoms with Crippen LogP contribution < -0.4 is 5.73 Å². The van der Waals surface area contributed by atoms with Gasteiger partial charge in [-0.15, -0.1) is 0 Å². The van der Waals surface area contributed by atoms with Gasteiger partial charge in [0.25, 0.3) is 0 Å². The molecule has 1 saturated carbocycles. The Morgan fingerprint density at radius 3 is 2.41 bits per heavy atom. The van der Waals surface area contributed by atoms with E-state index in [0.717, 1.165) is 58.5 Å². The van der Waals surface area contributed by atoms with Crippen molar-refractivity contribution in [3.05, 3.63) is 90.6 Å². The number of hydrogen-bond donors (Lipinski definition) is 1. The summed E-state index contributed by atoms with van der Waals surface area (Å²) in [6.07, 6.45) is 8.64. The van der Waals surface area contributed by atoms with E-state index in [1.165, 1.54) is 44.2 Å². The summed E-state index contributed by atoms with van der Waals surface area (Å²) in [5.41, 5.74) is 13.1. The summed E-state index contributed by atoms with van der Waals surface area (Å²) in [6, 6.07) is 27.0. The number of nitrogen functional groups attached to an aromatic ring is 1. The van der Waals surface area contributed by atoms with Crippen LogP contribution in [0.25, 0.3) is 39.5 Å². The molecule has 0 saturated heterocycles. The Bertz CT molecular complexity index is 1530. The van der Waals surface area contributed by atoms with E-state index in [2.05, 4.69) is 57.8 Å². The Morgan fingerprint density at radius 1 is 0.872 bits per heavy atom. The Hall–Kier alpha value is -4.03. The molecule has 6 nitrogen and oxygen atoms in total. The van der Waals surface area contributed by atoms with Gasteiger partial charge >= 0.3 is 0 Å². The van der Waals surface area contributed by atoms with E-state index in [1.807, 2.05) is 42.5 Å². The van der Waals surface area contributed by atoms with Crippen LogP contribution in [0.5, 0.6) is 0 Å². The molecule has 0 radical (unpaired) electrons. The molecule has 0 atom stereocenters. The van der Waals surface area contributed by atoms with Crippen molar-refractivity contribution in [2.45, 2.75) is 45.6 Å². The molecule has 39 heavy (non-hydrogen) atoms. The number of fused-ring (bicyclic) bond motifs is 1. The molecule has 3 aromatic heterocycles. The topological polar surface area (TPSA) is 72.9 Å². The minimum absolute atomic E-state index is 0.454. The van der Waals surface area contributed by atoms with Gasteiger partial charge in [0.05, 0.1) is 11.3 Å². The number of rotatable bonds is 8. The molecule has 0 spiro atoms. The first-order valence-corrected chi connectivity index (χ1v) is 14.2. The van der Waals surface area contributed by atoms with Crippen LogP contribution in [0.4, 0.5) is 5.82 Å². The smallest absolute Gasteiger partial charge is 0.165 e. The molecule has 3 heterocycles. The van der Waals surface area contributed by atoms with E-state index in [4.69, 9.17) is 15.7 Å². The second kappa shape index (κ2) is 11.4. The van der Waals surface area contributed by atoms with Crippen LogP contribution in [0.15, 0.2) is 85.1 Å². The normalized spacial score (nSPS) is 14.3. The third-order valence-electron chi connectivity index (χ3n) is 7.94. The summed E-state index contributed by atoms with van der Waals surface area (Å²) in [7, 11) is 0. The highest BCUT2D eigenvalue weighted by Crippen LogP contribution is 2.32. The number of hydrogen-bond acceptors (Lipinski definition) is 5. The fourth-order valence-electron chi connectivity index (χ4n) is 5.81. The van der Waals surface area contributed by atoms with Crippen molar-refractivity contribution in [1.29, 1.82) is 0 Å². The SMILES string of the molecule is CCN(Cc1ccc(-n2c(-c3cccnc3N)nc3ccc(-c4ccccc4)nc32)cc1)CC1CCCCC1. The van der Waals surface area contributed by atoms with Gasteiger partial charge in [0.2, 0.25) is 0 Å². The average Bonchev–Trinajstić information content (AvgIpc) is 3.37. The maximum absolute atomic E-state index is 6.32. The monoisotopic (exact) mass is 516 g/mol. The molecule has 0 aliphatic heterocycles. The van der Waals surface area contributed by atoms with Gasteiger partial charge in [0.15, 0.2) is 11.5 Å². The van der Waals surface area contributed by atoms with E-state index in [1.54, 1.807) is 6.20 Å². The third kappa shape index (κ3) is 5.43.